The number of aliphatic carboxylic acids is 1. The van der Waals surface area contributed by atoms with Crippen LogP contribution in [0.25, 0.3) is 11.4 Å². The van der Waals surface area contributed by atoms with Crippen molar-refractivity contribution in [3.05, 3.63) is 24.3 Å². The van der Waals surface area contributed by atoms with Crippen molar-refractivity contribution >= 4 is 5.97 Å². The van der Waals surface area contributed by atoms with E-state index < -0.39 is 5.97 Å². The quantitative estimate of drug-likeness (QED) is 0.772. The van der Waals surface area contributed by atoms with Crippen LogP contribution in [-0.4, -0.2) is 37.9 Å². The van der Waals surface area contributed by atoms with Crippen LogP contribution in [0.15, 0.2) is 24.3 Å². The number of tetrazole rings is 1. The van der Waals surface area contributed by atoms with Crippen LogP contribution >= 0.6 is 0 Å². The van der Waals surface area contributed by atoms with Crippen LogP contribution in [0.1, 0.15) is 19.8 Å². The minimum atomic E-state index is -1.01. The first-order valence-electron chi connectivity index (χ1n) is 6.42. The summed E-state index contributed by atoms with van der Waals surface area (Å²) in [5.74, 6) is 0.181. The Labute approximate surface area is 116 Å². The minimum absolute atomic E-state index is 0.300. The summed E-state index contributed by atoms with van der Waals surface area (Å²) in [5, 5.41) is 20.1. The Bertz CT molecular complexity index is 565. The number of ether oxygens (including phenoxy) is 1. The molecule has 1 N–H and O–H groups in total. The number of carbonyl (C=O) groups is 1. The number of carboxylic acid groups (broad SMARTS) is 1. The minimum Gasteiger partial charge on any atom is -0.494 e. The molecule has 2 aromatic rings. The molecule has 0 amide bonds. The molecule has 0 saturated carbocycles. The molecular formula is C13H16N4O3. The van der Waals surface area contributed by atoms with Gasteiger partial charge in [0.05, 0.1) is 6.61 Å². The van der Waals surface area contributed by atoms with Crippen LogP contribution in [0.4, 0.5) is 0 Å². The first-order valence-corrected chi connectivity index (χ1v) is 6.42. The number of hydrogen-bond acceptors (Lipinski definition) is 5. The van der Waals surface area contributed by atoms with Gasteiger partial charge in [0.1, 0.15) is 5.75 Å². The summed E-state index contributed by atoms with van der Waals surface area (Å²) in [6, 6.07) is 7.32. The maximum absolute atomic E-state index is 10.5. The molecule has 0 atom stereocenters. The number of rotatable bonds is 7. The first-order chi connectivity index (χ1) is 9.69. The van der Waals surface area contributed by atoms with Crippen LogP contribution < -0.4 is 4.74 Å². The Hall–Kier alpha value is -2.44. The van der Waals surface area contributed by atoms with Crippen LogP contribution in [0.5, 0.6) is 5.75 Å². The first kappa shape index (κ1) is 14.0. The van der Waals surface area contributed by atoms with Crippen LogP contribution in [0, 0.1) is 0 Å². The Morgan fingerprint density at radius 3 is 2.75 bits per heavy atom. The molecular weight excluding hydrogens is 260 g/mol. The molecule has 0 aliphatic rings. The highest BCUT2D eigenvalue weighted by Gasteiger charge is 2.08. The molecule has 0 aliphatic carbocycles. The molecule has 0 radical (unpaired) electrons. The van der Waals surface area contributed by atoms with Gasteiger partial charge in [-0.1, -0.05) is 13.3 Å². The fourth-order valence-corrected chi connectivity index (χ4v) is 1.58. The van der Waals surface area contributed by atoms with Crippen molar-refractivity contribution in [2.45, 2.75) is 26.3 Å². The van der Waals surface area contributed by atoms with E-state index in [4.69, 9.17) is 9.84 Å². The molecule has 0 spiro atoms. The third kappa shape index (κ3) is 3.78. The van der Waals surface area contributed by atoms with Gasteiger partial charge in [0.25, 0.3) is 0 Å². The average Bonchev–Trinajstić information content (AvgIpc) is 2.87. The molecule has 106 valence electrons. The molecule has 2 rings (SSSR count). The van der Waals surface area contributed by atoms with Crippen molar-refractivity contribution < 1.29 is 14.6 Å². The van der Waals surface area contributed by atoms with Crippen molar-refractivity contribution in [3.63, 3.8) is 0 Å². The number of hydrogen-bond donors (Lipinski definition) is 1. The van der Waals surface area contributed by atoms with E-state index in [-0.39, 0.29) is 6.54 Å². The smallest absolute Gasteiger partial charge is 0.327 e. The van der Waals surface area contributed by atoms with Gasteiger partial charge in [-0.05, 0) is 35.9 Å². The van der Waals surface area contributed by atoms with Gasteiger partial charge in [-0.3, -0.25) is 4.79 Å². The third-order valence-electron chi connectivity index (χ3n) is 2.61. The lowest BCUT2D eigenvalue weighted by Crippen LogP contribution is -2.11. The van der Waals surface area contributed by atoms with E-state index in [1.165, 1.54) is 0 Å². The normalized spacial score (nSPS) is 10.4. The molecule has 20 heavy (non-hydrogen) atoms. The highest BCUT2D eigenvalue weighted by atomic mass is 16.5. The summed E-state index contributed by atoms with van der Waals surface area (Å²) in [6.07, 6.45) is 2.11. The van der Waals surface area contributed by atoms with Crippen LogP contribution in [-0.2, 0) is 11.3 Å². The van der Waals surface area contributed by atoms with Gasteiger partial charge >= 0.3 is 5.97 Å². The summed E-state index contributed by atoms with van der Waals surface area (Å²) in [4.78, 5) is 11.6. The largest absolute Gasteiger partial charge is 0.494 e. The molecule has 7 heteroatoms. The summed E-state index contributed by atoms with van der Waals surface area (Å²) in [7, 11) is 0. The maximum atomic E-state index is 10.5. The second-order valence-electron chi connectivity index (χ2n) is 4.26. The van der Waals surface area contributed by atoms with Gasteiger partial charge in [-0.15, -0.1) is 10.2 Å². The topological polar surface area (TPSA) is 90.1 Å². The molecule has 1 aromatic heterocycles. The second kappa shape index (κ2) is 6.65. The Morgan fingerprint density at radius 1 is 1.35 bits per heavy atom. The number of carboxylic acids is 1. The van der Waals surface area contributed by atoms with E-state index in [0.717, 1.165) is 29.0 Å². The van der Waals surface area contributed by atoms with E-state index >= 15 is 0 Å². The summed E-state index contributed by atoms with van der Waals surface area (Å²) >= 11 is 0. The molecule has 0 bridgehead atoms. The third-order valence-corrected chi connectivity index (χ3v) is 2.61. The standard InChI is InChI=1S/C13H16N4O3/c1-2-3-8-20-11-6-4-10(5-7-11)13-14-16-17(15-13)9-12(18)19/h4-7H,2-3,8-9H2,1H3,(H,18,19). The van der Waals surface area contributed by atoms with Gasteiger partial charge in [0.15, 0.2) is 6.54 Å². The van der Waals surface area contributed by atoms with Crippen LogP contribution in [0.2, 0.25) is 0 Å². The van der Waals surface area contributed by atoms with E-state index in [1.807, 2.05) is 24.3 Å². The molecule has 0 saturated heterocycles. The predicted molar refractivity (Wildman–Crippen MR) is 71.3 cm³/mol. The Kier molecular flexibility index (Phi) is 4.65. The average molecular weight is 276 g/mol. The number of aromatic nitrogens is 4. The fourth-order valence-electron chi connectivity index (χ4n) is 1.58. The van der Waals surface area contributed by atoms with Crippen molar-refractivity contribution in [3.8, 4) is 17.1 Å². The summed E-state index contributed by atoms with van der Waals surface area (Å²) in [6.45, 7) is 2.51. The zero-order valence-corrected chi connectivity index (χ0v) is 11.2. The van der Waals surface area contributed by atoms with Crippen LogP contribution in [0.3, 0.4) is 0 Å². The molecule has 0 unspecified atom stereocenters. The molecule has 7 nitrogen and oxygen atoms in total. The van der Waals surface area contributed by atoms with Crippen molar-refractivity contribution in [2.75, 3.05) is 6.61 Å². The maximum Gasteiger partial charge on any atom is 0.327 e. The lowest BCUT2D eigenvalue weighted by molar-refractivity contribution is -0.138. The zero-order chi connectivity index (χ0) is 14.4. The van der Waals surface area contributed by atoms with Crippen molar-refractivity contribution in [2.24, 2.45) is 0 Å². The van der Waals surface area contributed by atoms with E-state index in [1.54, 1.807) is 0 Å². The predicted octanol–water partition coefficient (Wildman–Crippen LogP) is 1.60. The number of benzene rings is 1. The Balaban J connectivity index is 2.02. The summed E-state index contributed by atoms with van der Waals surface area (Å²) in [5.41, 5.74) is 0.768. The van der Waals surface area contributed by atoms with Crippen molar-refractivity contribution in [1.82, 2.24) is 20.2 Å². The molecule has 1 aromatic carbocycles. The lowest BCUT2D eigenvalue weighted by atomic mass is 10.2. The summed E-state index contributed by atoms with van der Waals surface area (Å²) < 4.78 is 5.56. The lowest BCUT2D eigenvalue weighted by Gasteiger charge is -2.05. The van der Waals surface area contributed by atoms with E-state index in [9.17, 15) is 4.79 Å². The van der Waals surface area contributed by atoms with Gasteiger partial charge in [-0.2, -0.15) is 4.80 Å². The van der Waals surface area contributed by atoms with Gasteiger partial charge < -0.3 is 9.84 Å². The highest BCUT2D eigenvalue weighted by molar-refractivity contribution is 5.66. The van der Waals surface area contributed by atoms with E-state index in [0.29, 0.717) is 12.4 Å². The molecule has 1 heterocycles. The van der Waals surface area contributed by atoms with E-state index in [2.05, 4.69) is 22.3 Å². The Morgan fingerprint density at radius 2 is 2.10 bits per heavy atom. The molecule has 0 aliphatic heterocycles. The molecule has 0 fully saturated rings. The SMILES string of the molecule is CCCCOc1ccc(-c2nnn(CC(=O)O)n2)cc1. The highest BCUT2D eigenvalue weighted by Crippen LogP contribution is 2.18. The number of unbranched alkanes of at least 4 members (excludes halogenated alkanes) is 1. The second-order valence-corrected chi connectivity index (χ2v) is 4.26. The fraction of sp³-hybridized carbons (Fsp3) is 0.385. The van der Waals surface area contributed by atoms with Gasteiger partial charge in [-0.25, -0.2) is 0 Å². The van der Waals surface area contributed by atoms with Crippen molar-refractivity contribution in [1.29, 1.82) is 0 Å². The number of nitrogens with zero attached hydrogens (tertiary/aromatic N) is 4. The van der Waals surface area contributed by atoms with Gasteiger partial charge in [0.2, 0.25) is 5.82 Å². The monoisotopic (exact) mass is 276 g/mol. The van der Waals surface area contributed by atoms with Gasteiger partial charge in [0, 0.05) is 5.56 Å². The zero-order valence-electron chi connectivity index (χ0n) is 11.2.